The van der Waals surface area contributed by atoms with E-state index in [9.17, 15) is 18.0 Å². The number of amides is 2. The van der Waals surface area contributed by atoms with Crippen molar-refractivity contribution in [2.45, 2.75) is 51.5 Å². The van der Waals surface area contributed by atoms with Crippen LogP contribution in [0.3, 0.4) is 0 Å². The fraction of sp³-hybridized carbons (Fsp3) is 0.500. The maximum Gasteiger partial charge on any atom is 0.271 e. The lowest BCUT2D eigenvalue weighted by atomic mass is 10.1. The number of sulfonamides is 1. The summed E-state index contributed by atoms with van der Waals surface area (Å²) in [5.41, 5.74) is 2.65. The first-order valence-corrected chi connectivity index (χ1v) is 10.6. The Morgan fingerprint density at radius 2 is 1.96 bits per heavy atom. The van der Waals surface area contributed by atoms with Crippen LogP contribution in [0.25, 0.3) is 0 Å². The summed E-state index contributed by atoms with van der Waals surface area (Å²) in [5.74, 6) is -0.430. The molecule has 0 unspecified atom stereocenters. The van der Waals surface area contributed by atoms with Gasteiger partial charge in [-0.1, -0.05) is 13.8 Å². The number of benzene rings is 1. The standard InChI is InChI=1S/C18H26N4O5S/c1-5-22(6-2)28(25,26)13-7-9-16(27-12(3)4)15(11-13)19-18(24)14-8-10-17(23)21-20-14/h7,9,11-12H,5-6,8,10H2,1-4H3,(H,19,24)(H,21,23). The highest BCUT2D eigenvalue weighted by Gasteiger charge is 2.25. The molecule has 1 heterocycles. The van der Waals surface area contributed by atoms with Crippen molar-refractivity contribution in [1.29, 1.82) is 0 Å². The van der Waals surface area contributed by atoms with E-state index in [0.29, 0.717) is 18.8 Å². The Bertz CT molecular complexity index is 876. The second kappa shape index (κ2) is 9.16. The van der Waals surface area contributed by atoms with Gasteiger partial charge in [-0.15, -0.1) is 0 Å². The van der Waals surface area contributed by atoms with Crippen molar-refractivity contribution in [2.75, 3.05) is 18.4 Å². The Hall–Kier alpha value is -2.46. The third-order valence-electron chi connectivity index (χ3n) is 4.07. The van der Waals surface area contributed by atoms with Crippen LogP contribution < -0.4 is 15.5 Å². The summed E-state index contributed by atoms with van der Waals surface area (Å²) in [6.07, 6.45) is 0.195. The molecule has 0 radical (unpaired) electrons. The van der Waals surface area contributed by atoms with Crippen molar-refractivity contribution in [3.8, 4) is 5.75 Å². The van der Waals surface area contributed by atoms with Crippen LogP contribution in [0.1, 0.15) is 40.5 Å². The van der Waals surface area contributed by atoms with Crippen LogP contribution >= 0.6 is 0 Å². The molecule has 1 aromatic carbocycles. The number of hydrazone groups is 1. The first-order chi connectivity index (χ1) is 13.2. The Morgan fingerprint density at radius 3 is 2.50 bits per heavy atom. The molecule has 10 heteroatoms. The first kappa shape index (κ1) is 21.8. The van der Waals surface area contributed by atoms with Gasteiger partial charge in [0.15, 0.2) is 0 Å². The predicted molar refractivity (Wildman–Crippen MR) is 106 cm³/mol. The van der Waals surface area contributed by atoms with Crippen molar-refractivity contribution >= 4 is 33.2 Å². The van der Waals surface area contributed by atoms with Crippen molar-refractivity contribution in [1.82, 2.24) is 9.73 Å². The van der Waals surface area contributed by atoms with Crippen molar-refractivity contribution in [3.05, 3.63) is 18.2 Å². The molecule has 1 aliphatic heterocycles. The average Bonchev–Trinajstić information content (AvgIpc) is 2.64. The quantitative estimate of drug-likeness (QED) is 0.677. The zero-order chi connectivity index (χ0) is 20.9. The molecule has 0 atom stereocenters. The fourth-order valence-corrected chi connectivity index (χ4v) is 4.15. The molecule has 0 aromatic heterocycles. The first-order valence-electron chi connectivity index (χ1n) is 9.16. The molecule has 1 aromatic rings. The molecule has 2 rings (SSSR count). The number of ether oxygens (including phenoxy) is 1. The third-order valence-corrected chi connectivity index (χ3v) is 6.12. The lowest BCUT2D eigenvalue weighted by molar-refractivity contribution is -0.121. The lowest BCUT2D eigenvalue weighted by Gasteiger charge is -2.21. The van der Waals surface area contributed by atoms with Crippen LogP contribution in [-0.4, -0.2) is 49.4 Å². The Labute approximate surface area is 165 Å². The van der Waals surface area contributed by atoms with E-state index in [0.717, 1.165) is 0 Å². The molecular weight excluding hydrogens is 384 g/mol. The molecule has 2 N–H and O–H groups in total. The number of nitrogens with zero attached hydrogens (tertiary/aromatic N) is 2. The van der Waals surface area contributed by atoms with Crippen molar-refractivity contribution < 1.29 is 22.7 Å². The molecule has 9 nitrogen and oxygen atoms in total. The van der Waals surface area contributed by atoms with Crippen LogP contribution in [0.5, 0.6) is 5.75 Å². The Morgan fingerprint density at radius 1 is 1.29 bits per heavy atom. The summed E-state index contributed by atoms with van der Waals surface area (Å²) in [4.78, 5) is 23.8. The lowest BCUT2D eigenvalue weighted by Crippen LogP contribution is -2.33. The van der Waals surface area contributed by atoms with Gasteiger partial charge in [-0.2, -0.15) is 9.41 Å². The minimum absolute atomic E-state index is 0.0569. The summed E-state index contributed by atoms with van der Waals surface area (Å²) in [5, 5.41) is 6.42. The second-order valence-electron chi connectivity index (χ2n) is 6.46. The topological polar surface area (TPSA) is 117 Å². The number of rotatable bonds is 8. The van der Waals surface area contributed by atoms with E-state index < -0.39 is 15.9 Å². The molecule has 2 amide bonds. The van der Waals surface area contributed by atoms with Crippen molar-refractivity contribution in [3.63, 3.8) is 0 Å². The summed E-state index contributed by atoms with van der Waals surface area (Å²) in [7, 11) is -3.70. The molecule has 28 heavy (non-hydrogen) atoms. The minimum Gasteiger partial charge on any atom is -0.489 e. The van der Waals surface area contributed by atoms with Gasteiger partial charge in [-0.3, -0.25) is 9.59 Å². The molecule has 154 valence electrons. The van der Waals surface area contributed by atoms with Gasteiger partial charge in [0.2, 0.25) is 15.9 Å². The van der Waals surface area contributed by atoms with Crippen molar-refractivity contribution in [2.24, 2.45) is 5.10 Å². The van der Waals surface area contributed by atoms with Crippen LogP contribution in [0, 0.1) is 0 Å². The molecular formula is C18H26N4O5S. The van der Waals surface area contributed by atoms with Crippen LogP contribution in [0.4, 0.5) is 5.69 Å². The number of hydrogen-bond acceptors (Lipinski definition) is 6. The number of hydrogen-bond donors (Lipinski definition) is 2. The van der Waals surface area contributed by atoms with Gasteiger partial charge >= 0.3 is 0 Å². The summed E-state index contributed by atoms with van der Waals surface area (Å²) < 4.78 is 32.6. The number of carbonyl (C=O) groups excluding carboxylic acids is 2. The zero-order valence-electron chi connectivity index (χ0n) is 16.5. The van der Waals surface area contributed by atoms with E-state index in [2.05, 4.69) is 15.8 Å². The number of nitrogens with one attached hydrogen (secondary N) is 2. The van der Waals surface area contributed by atoms with E-state index in [1.54, 1.807) is 13.8 Å². The largest absolute Gasteiger partial charge is 0.489 e. The second-order valence-corrected chi connectivity index (χ2v) is 8.40. The van der Waals surface area contributed by atoms with Gasteiger partial charge < -0.3 is 10.1 Å². The highest BCUT2D eigenvalue weighted by atomic mass is 32.2. The van der Waals surface area contributed by atoms with Gasteiger partial charge in [0, 0.05) is 25.9 Å². The SMILES string of the molecule is CCN(CC)S(=O)(=O)c1ccc(OC(C)C)c(NC(=O)C2=NNC(=O)CC2)c1. The molecule has 0 saturated carbocycles. The van der Waals surface area contributed by atoms with Gasteiger partial charge in [-0.25, -0.2) is 13.8 Å². The van der Waals surface area contributed by atoms with E-state index >= 15 is 0 Å². The van der Waals surface area contributed by atoms with Crippen LogP contribution in [0.15, 0.2) is 28.2 Å². The number of anilines is 1. The molecule has 0 saturated heterocycles. The highest BCUT2D eigenvalue weighted by molar-refractivity contribution is 7.89. The summed E-state index contributed by atoms with van der Waals surface area (Å²) >= 11 is 0. The Kier molecular flexibility index (Phi) is 7.14. The maximum absolute atomic E-state index is 12.8. The predicted octanol–water partition coefficient (Wildman–Crippen LogP) is 1.71. The smallest absolute Gasteiger partial charge is 0.271 e. The minimum atomic E-state index is -3.70. The maximum atomic E-state index is 12.8. The molecule has 0 spiro atoms. The fourth-order valence-electron chi connectivity index (χ4n) is 2.67. The van der Waals surface area contributed by atoms with E-state index in [1.807, 2.05) is 13.8 Å². The summed E-state index contributed by atoms with van der Waals surface area (Å²) in [6.45, 7) is 7.84. The Balaban J connectivity index is 2.39. The molecule has 0 fully saturated rings. The van der Waals surface area contributed by atoms with Crippen LogP contribution in [0.2, 0.25) is 0 Å². The van der Waals surface area contributed by atoms with Gasteiger partial charge in [0.1, 0.15) is 11.5 Å². The van der Waals surface area contributed by atoms with Gasteiger partial charge in [0.25, 0.3) is 5.91 Å². The molecule has 1 aliphatic rings. The van der Waals surface area contributed by atoms with Crippen LogP contribution in [-0.2, 0) is 19.6 Å². The molecule has 0 bridgehead atoms. The van der Waals surface area contributed by atoms with E-state index in [1.165, 1.54) is 22.5 Å². The average molecular weight is 410 g/mol. The monoisotopic (exact) mass is 410 g/mol. The van der Waals surface area contributed by atoms with E-state index in [-0.39, 0.29) is 41.1 Å². The summed E-state index contributed by atoms with van der Waals surface area (Å²) in [6, 6.07) is 4.36. The molecule has 0 aliphatic carbocycles. The van der Waals surface area contributed by atoms with Gasteiger partial charge in [-0.05, 0) is 32.0 Å². The third kappa shape index (κ3) is 5.08. The van der Waals surface area contributed by atoms with E-state index in [4.69, 9.17) is 4.74 Å². The normalized spacial score (nSPS) is 14.6. The number of carbonyl (C=O) groups is 2. The van der Waals surface area contributed by atoms with Gasteiger partial charge in [0.05, 0.1) is 16.7 Å². The highest BCUT2D eigenvalue weighted by Crippen LogP contribution is 2.30. The zero-order valence-corrected chi connectivity index (χ0v) is 17.3.